The molecule has 0 amide bonds. The van der Waals surface area contributed by atoms with Crippen LogP contribution >= 0.6 is 21.6 Å². The summed E-state index contributed by atoms with van der Waals surface area (Å²) in [6.45, 7) is 27.1. The Kier molecular flexibility index (Phi) is 50.9. The predicted octanol–water partition coefficient (Wildman–Crippen LogP) is 10.1. The summed E-state index contributed by atoms with van der Waals surface area (Å²) in [6.07, 6.45) is 13.7. The van der Waals surface area contributed by atoms with Crippen molar-refractivity contribution in [1.82, 2.24) is 19.6 Å². The Bertz CT molecular complexity index is 1570. The van der Waals surface area contributed by atoms with E-state index in [-0.39, 0.29) is 36.3 Å². The molecule has 20 heteroatoms. The van der Waals surface area contributed by atoms with Gasteiger partial charge in [0.05, 0.1) is 50.8 Å². The lowest BCUT2D eigenvalue weighted by Crippen LogP contribution is -2.47. The molecule has 0 aliphatic carbocycles. The molecule has 1 heterocycles. The van der Waals surface area contributed by atoms with Crippen LogP contribution in [0, 0.1) is 23.7 Å². The first kappa shape index (κ1) is 80.7. The van der Waals surface area contributed by atoms with E-state index in [0.717, 1.165) is 109 Å². The molecule has 1 aliphatic heterocycles. The van der Waals surface area contributed by atoms with Gasteiger partial charge in [-0.15, -0.1) is 0 Å². The van der Waals surface area contributed by atoms with Crippen molar-refractivity contribution < 1.29 is 68.1 Å². The van der Waals surface area contributed by atoms with Gasteiger partial charge in [0.2, 0.25) is 0 Å². The fourth-order valence-corrected chi connectivity index (χ4v) is 12.0. The third-order valence-corrected chi connectivity index (χ3v) is 18.5. The zero-order chi connectivity index (χ0) is 62.9. The van der Waals surface area contributed by atoms with Crippen LogP contribution in [0.2, 0.25) is 0 Å². The van der Waals surface area contributed by atoms with Crippen LogP contribution in [-0.4, -0.2) is 217 Å². The highest BCUT2D eigenvalue weighted by atomic mass is 33.1. The zero-order valence-electron chi connectivity index (χ0n) is 54.7. The summed E-state index contributed by atoms with van der Waals surface area (Å²) in [5.74, 6) is 2.64. The maximum absolute atomic E-state index is 12.9. The third-order valence-electron chi connectivity index (χ3n) is 16.0. The number of nitrogens with zero attached hydrogens (tertiary/aromatic N) is 4. The molecule has 85 heavy (non-hydrogen) atoms. The van der Waals surface area contributed by atoms with Gasteiger partial charge >= 0.3 is 29.8 Å². The third kappa shape index (κ3) is 48.3. The number of esters is 5. The Hall–Kier alpha value is -2.27. The van der Waals surface area contributed by atoms with Gasteiger partial charge in [0.15, 0.2) is 0 Å². The molecule has 0 bridgehead atoms. The van der Waals surface area contributed by atoms with Crippen molar-refractivity contribution in [3.63, 3.8) is 0 Å². The average Bonchev–Trinajstić information content (AvgIpc) is 3.50. The summed E-state index contributed by atoms with van der Waals surface area (Å²) in [5, 5.41) is 44.0. The van der Waals surface area contributed by atoms with E-state index in [1.54, 1.807) is 0 Å². The average molecular weight is 1250 g/mol. The van der Waals surface area contributed by atoms with Crippen LogP contribution in [0.1, 0.15) is 216 Å². The molecule has 0 aromatic rings. The zero-order valence-corrected chi connectivity index (χ0v) is 56.3. The number of piperazine rings is 1. The number of aliphatic hydroxyl groups is 4. The van der Waals surface area contributed by atoms with Crippen LogP contribution < -0.4 is 0 Å². The van der Waals surface area contributed by atoms with Crippen LogP contribution in [-0.2, 0) is 47.7 Å². The van der Waals surface area contributed by atoms with Gasteiger partial charge < -0.3 is 44.1 Å². The van der Waals surface area contributed by atoms with Crippen molar-refractivity contribution in [3.05, 3.63) is 0 Å². The molecule has 1 rings (SSSR count). The minimum atomic E-state index is -0.654. The Balaban J connectivity index is 2.50. The monoisotopic (exact) mass is 1250 g/mol. The van der Waals surface area contributed by atoms with E-state index in [1.807, 2.05) is 26.5 Å². The van der Waals surface area contributed by atoms with Crippen molar-refractivity contribution in [2.75, 3.05) is 123 Å². The number of carbonyl (C=O) groups excluding carboxylic acids is 5. The van der Waals surface area contributed by atoms with E-state index in [2.05, 4.69) is 70.1 Å². The molecule has 0 saturated carbocycles. The molecule has 18 nitrogen and oxygen atoms in total. The lowest BCUT2D eigenvalue weighted by Gasteiger charge is -2.34. The summed E-state index contributed by atoms with van der Waals surface area (Å²) < 4.78 is 27.2. The molecule has 0 aromatic carbocycles. The SMILES string of the molecule is CCC(CC)COC(=O)CCCCC(O)CN(CCCSSCCN1CCN(CCOC(=O)CCCN(CC(O)CCCCC(=O)OCCC(C)C)CC(O)CCCCC(=O)OCCC(C)C)CC1)CC(O)CCCCC(=O)OCC(CC)CC. The number of ether oxygens (including phenoxy) is 5. The van der Waals surface area contributed by atoms with Gasteiger partial charge in [-0.1, -0.05) is 128 Å². The van der Waals surface area contributed by atoms with Crippen LogP contribution in [0.4, 0.5) is 0 Å². The predicted molar refractivity (Wildman–Crippen MR) is 344 cm³/mol. The van der Waals surface area contributed by atoms with Crippen molar-refractivity contribution in [2.24, 2.45) is 23.7 Å². The van der Waals surface area contributed by atoms with Crippen LogP contribution in [0.15, 0.2) is 0 Å². The lowest BCUT2D eigenvalue weighted by molar-refractivity contribution is -0.146. The molecular formula is C65H124N4O14S2. The second kappa shape index (κ2) is 53.6. The first-order valence-corrected chi connectivity index (χ1v) is 36.0. The number of hydrogen-bond donors (Lipinski definition) is 4. The number of aliphatic hydroxyl groups excluding tert-OH is 4. The Morgan fingerprint density at radius 3 is 1.08 bits per heavy atom. The second-order valence-electron chi connectivity index (χ2n) is 24.7. The van der Waals surface area contributed by atoms with Gasteiger partial charge in [-0.25, -0.2) is 0 Å². The molecule has 1 aliphatic rings. The maximum atomic E-state index is 12.9. The highest BCUT2D eigenvalue weighted by Gasteiger charge is 2.21. The van der Waals surface area contributed by atoms with E-state index in [4.69, 9.17) is 23.7 Å². The maximum Gasteiger partial charge on any atom is 0.305 e. The molecule has 0 aromatic heterocycles. The van der Waals surface area contributed by atoms with Gasteiger partial charge in [0.1, 0.15) is 6.61 Å². The molecule has 4 unspecified atom stereocenters. The van der Waals surface area contributed by atoms with Crippen molar-refractivity contribution in [3.8, 4) is 0 Å². The quantitative estimate of drug-likeness (QED) is 0.0192. The number of carbonyl (C=O) groups is 5. The summed E-state index contributed by atoms with van der Waals surface area (Å²) in [4.78, 5) is 70.6. The van der Waals surface area contributed by atoms with Crippen LogP contribution in [0.25, 0.3) is 0 Å². The van der Waals surface area contributed by atoms with Crippen molar-refractivity contribution in [1.29, 1.82) is 0 Å². The molecule has 4 N–H and O–H groups in total. The smallest absolute Gasteiger partial charge is 0.305 e. The minimum absolute atomic E-state index is 0.174. The highest BCUT2D eigenvalue weighted by molar-refractivity contribution is 8.76. The minimum Gasteiger partial charge on any atom is -0.466 e. The Morgan fingerprint density at radius 1 is 0.400 bits per heavy atom. The van der Waals surface area contributed by atoms with Gasteiger partial charge in [0.25, 0.3) is 0 Å². The molecule has 0 radical (unpaired) electrons. The molecule has 1 saturated heterocycles. The van der Waals surface area contributed by atoms with Crippen molar-refractivity contribution in [2.45, 2.75) is 240 Å². The topological polar surface area (TPSA) is 225 Å². The van der Waals surface area contributed by atoms with Gasteiger partial charge in [-0.3, -0.25) is 43.6 Å². The van der Waals surface area contributed by atoms with Gasteiger partial charge in [-0.05, 0) is 114 Å². The van der Waals surface area contributed by atoms with Gasteiger partial charge in [-0.2, -0.15) is 0 Å². The van der Waals surface area contributed by atoms with E-state index in [0.29, 0.717) is 192 Å². The van der Waals surface area contributed by atoms with Crippen LogP contribution in [0.3, 0.4) is 0 Å². The second-order valence-corrected chi connectivity index (χ2v) is 27.4. The number of hydrogen-bond acceptors (Lipinski definition) is 20. The van der Waals surface area contributed by atoms with E-state index < -0.39 is 24.4 Å². The number of rotatable bonds is 57. The summed E-state index contributed by atoms with van der Waals surface area (Å²) >= 11 is 0. The fourth-order valence-electron chi connectivity index (χ4n) is 9.92. The lowest BCUT2D eigenvalue weighted by atomic mass is 10.1. The van der Waals surface area contributed by atoms with Crippen molar-refractivity contribution >= 4 is 51.4 Å². The highest BCUT2D eigenvalue weighted by Crippen LogP contribution is 2.23. The van der Waals surface area contributed by atoms with Crippen LogP contribution in [0.5, 0.6) is 0 Å². The summed E-state index contributed by atoms with van der Waals surface area (Å²) in [7, 11) is 3.73. The molecule has 500 valence electrons. The molecule has 4 atom stereocenters. The molecular weight excluding hydrogens is 1120 g/mol. The Morgan fingerprint density at radius 2 is 0.718 bits per heavy atom. The first-order chi connectivity index (χ1) is 40.8. The van der Waals surface area contributed by atoms with E-state index >= 15 is 0 Å². The summed E-state index contributed by atoms with van der Waals surface area (Å²) in [6, 6.07) is 0. The fraction of sp³-hybridized carbons (Fsp3) is 0.923. The standard InChI is InChI=1S/C65H124N4O14S2/c1-9-55(10-2)51-82-64(77)29-19-15-25-59(72)49-69(50-60(73)26-16-20-30-65(78)83-52-56(11-3)12-4)35-22-45-84-85-46-41-67-38-36-66(37-39-67)40-44-81-63(76)31-21-34-68(47-57(70)23-13-17-27-61(74)79-42-32-53(5)6)48-58(71)24-14-18-28-62(75)80-43-33-54(7)8/h53-60,70-73H,9-52H2,1-8H3. The largest absolute Gasteiger partial charge is 0.466 e. The van der Waals surface area contributed by atoms with Gasteiger partial charge in [0, 0.05) is 109 Å². The summed E-state index contributed by atoms with van der Waals surface area (Å²) in [5.41, 5.74) is 0. The number of unbranched alkanes of at least 4 members (excludes halogenated alkanes) is 4. The molecule has 0 spiro atoms. The Labute approximate surface area is 523 Å². The molecule has 1 fully saturated rings. The normalized spacial score (nSPS) is 14.8. The first-order valence-electron chi connectivity index (χ1n) is 33.5. The van der Waals surface area contributed by atoms with E-state index in [9.17, 15) is 44.4 Å². The van der Waals surface area contributed by atoms with E-state index in [1.165, 1.54) is 0 Å².